The highest BCUT2D eigenvalue weighted by atomic mass is 32.2. The summed E-state index contributed by atoms with van der Waals surface area (Å²) in [4.78, 5) is 16.8. The summed E-state index contributed by atoms with van der Waals surface area (Å²) in [5.74, 6) is 1.89. The fraction of sp³-hybridized carbons (Fsp3) is 0.375. The van der Waals surface area contributed by atoms with Gasteiger partial charge in [0.1, 0.15) is 5.76 Å². The Kier molecular flexibility index (Phi) is 5.13. The van der Waals surface area contributed by atoms with Crippen LogP contribution in [0.2, 0.25) is 0 Å². The molecule has 1 atom stereocenters. The molecule has 1 unspecified atom stereocenters. The van der Waals surface area contributed by atoms with Gasteiger partial charge in [-0.1, -0.05) is 11.8 Å². The van der Waals surface area contributed by atoms with E-state index in [1.807, 2.05) is 20.8 Å². The fourth-order valence-electron chi connectivity index (χ4n) is 1.92. The van der Waals surface area contributed by atoms with Gasteiger partial charge in [0.2, 0.25) is 0 Å². The van der Waals surface area contributed by atoms with Crippen molar-refractivity contribution in [2.24, 2.45) is 0 Å². The Morgan fingerprint density at radius 1 is 1.23 bits per heavy atom. The standard InChI is InChI=1S/C16H19NO4S/c1-9-10(2)21-16(17-9)22-11(3)15(18)12-6-7-13(19-4)14(8-12)20-5/h6-8,11H,1-5H3. The zero-order chi connectivity index (χ0) is 16.3. The first-order chi connectivity index (χ1) is 10.5. The van der Waals surface area contributed by atoms with Gasteiger partial charge in [-0.25, -0.2) is 4.98 Å². The molecule has 0 saturated carbocycles. The summed E-state index contributed by atoms with van der Waals surface area (Å²) in [5.41, 5.74) is 1.41. The Hall–Kier alpha value is -1.95. The van der Waals surface area contributed by atoms with Crippen molar-refractivity contribution >= 4 is 17.5 Å². The van der Waals surface area contributed by atoms with Crippen LogP contribution >= 0.6 is 11.8 Å². The van der Waals surface area contributed by atoms with Crippen molar-refractivity contribution in [3.8, 4) is 11.5 Å². The molecule has 2 aromatic rings. The lowest BCUT2D eigenvalue weighted by molar-refractivity contribution is 0.0993. The van der Waals surface area contributed by atoms with Crippen molar-refractivity contribution in [3.63, 3.8) is 0 Å². The van der Waals surface area contributed by atoms with Crippen molar-refractivity contribution in [2.75, 3.05) is 14.2 Å². The Morgan fingerprint density at radius 3 is 2.45 bits per heavy atom. The zero-order valence-corrected chi connectivity index (χ0v) is 14.1. The molecule has 0 aliphatic carbocycles. The molecular formula is C16H19NO4S. The second kappa shape index (κ2) is 6.87. The maximum absolute atomic E-state index is 12.5. The minimum absolute atomic E-state index is 0.0144. The summed E-state index contributed by atoms with van der Waals surface area (Å²) in [6, 6.07) is 5.14. The lowest BCUT2D eigenvalue weighted by Crippen LogP contribution is -2.13. The first-order valence-corrected chi connectivity index (χ1v) is 7.71. The van der Waals surface area contributed by atoms with E-state index in [9.17, 15) is 4.79 Å². The molecule has 0 radical (unpaired) electrons. The van der Waals surface area contributed by atoms with E-state index in [1.165, 1.54) is 11.8 Å². The predicted octanol–water partition coefficient (Wildman–Crippen LogP) is 3.67. The summed E-state index contributed by atoms with van der Waals surface area (Å²) >= 11 is 1.31. The summed E-state index contributed by atoms with van der Waals surface area (Å²) in [6.07, 6.45) is 0. The molecule has 1 aromatic heterocycles. The van der Waals surface area contributed by atoms with E-state index < -0.39 is 0 Å². The van der Waals surface area contributed by atoms with Crippen molar-refractivity contribution in [2.45, 2.75) is 31.2 Å². The van der Waals surface area contributed by atoms with E-state index >= 15 is 0 Å². The lowest BCUT2D eigenvalue weighted by Gasteiger charge is -2.11. The van der Waals surface area contributed by atoms with Crippen LogP contribution in [0.15, 0.2) is 27.8 Å². The molecule has 0 bridgehead atoms. The van der Waals surface area contributed by atoms with Crippen LogP contribution in [0.25, 0.3) is 0 Å². The van der Waals surface area contributed by atoms with E-state index in [4.69, 9.17) is 13.9 Å². The molecule has 0 fully saturated rings. The van der Waals surface area contributed by atoms with Gasteiger partial charge in [0, 0.05) is 5.56 Å². The highest BCUT2D eigenvalue weighted by molar-refractivity contribution is 8.00. The first kappa shape index (κ1) is 16.4. The van der Waals surface area contributed by atoms with Crippen LogP contribution in [-0.4, -0.2) is 30.2 Å². The van der Waals surface area contributed by atoms with Gasteiger partial charge >= 0.3 is 0 Å². The van der Waals surface area contributed by atoms with Crippen molar-refractivity contribution < 1.29 is 18.7 Å². The predicted molar refractivity (Wildman–Crippen MR) is 85.2 cm³/mol. The number of rotatable bonds is 6. The Morgan fingerprint density at radius 2 is 1.91 bits per heavy atom. The van der Waals surface area contributed by atoms with Crippen LogP contribution in [0, 0.1) is 13.8 Å². The van der Waals surface area contributed by atoms with Crippen molar-refractivity contribution in [1.29, 1.82) is 0 Å². The molecule has 0 aliphatic heterocycles. The number of aryl methyl sites for hydroxylation is 2. The third-order valence-electron chi connectivity index (χ3n) is 3.32. The average molecular weight is 321 g/mol. The largest absolute Gasteiger partial charge is 0.493 e. The van der Waals surface area contributed by atoms with E-state index in [2.05, 4.69) is 4.98 Å². The number of carbonyl (C=O) groups excluding carboxylic acids is 1. The Balaban J connectivity index is 2.16. The van der Waals surface area contributed by atoms with Gasteiger partial charge in [0.05, 0.1) is 25.2 Å². The zero-order valence-electron chi connectivity index (χ0n) is 13.3. The van der Waals surface area contributed by atoms with Gasteiger partial charge in [-0.15, -0.1) is 0 Å². The number of hydrogen-bond acceptors (Lipinski definition) is 6. The normalized spacial score (nSPS) is 12.0. The molecule has 0 N–H and O–H groups in total. The van der Waals surface area contributed by atoms with Crippen LogP contribution in [0.1, 0.15) is 28.7 Å². The molecule has 118 valence electrons. The van der Waals surface area contributed by atoms with Gasteiger partial charge in [-0.2, -0.15) is 0 Å². The van der Waals surface area contributed by atoms with Gasteiger partial charge in [-0.05, 0) is 39.0 Å². The third kappa shape index (κ3) is 3.44. The SMILES string of the molecule is COc1ccc(C(=O)C(C)Sc2nc(C)c(C)o2)cc1OC. The molecule has 0 amide bonds. The number of nitrogens with zero attached hydrogens (tertiary/aromatic N) is 1. The number of aromatic nitrogens is 1. The van der Waals surface area contributed by atoms with Crippen LogP contribution in [0.3, 0.4) is 0 Å². The fourth-order valence-corrected chi connectivity index (χ4v) is 2.83. The average Bonchev–Trinajstić information content (AvgIpc) is 2.83. The Bertz CT molecular complexity index is 661. The topological polar surface area (TPSA) is 61.6 Å². The smallest absolute Gasteiger partial charge is 0.256 e. The molecule has 22 heavy (non-hydrogen) atoms. The van der Waals surface area contributed by atoms with E-state index in [0.29, 0.717) is 22.3 Å². The van der Waals surface area contributed by atoms with Crippen molar-refractivity contribution in [1.82, 2.24) is 4.98 Å². The maximum Gasteiger partial charge on any atom is 0.256 e. The van der Waals surface area contributed by atoms with E-state index in [0.717, 1.165) is 11.5 Å². The number of thioether (sulfide) groups is 1. The summed E-state index contributed by atoms with van der Waals surface area (Å²) < 4.78 is 15.9. The maximum atomic E-state index is 12.5. The number of Topliss-reactive ketones (excluding diaryl/α,β-unsaturated/α-hetero) is 1. The van der Waals surface area contributed by atoms with Crippen molar-refractivity contribution in [3.05, 3.63) is 35.2 Å². The van der Waals surface area contributed by atoms with E-state index in [1.54, 1.807) is 32.4 Å². The highest BCUT2D eigenvalue weighted by Crippen LogP contribution is 2.31. The second-order valence-electron chi connectivity index (χ2n) is 4.82. The first-order valence-electron chi connectivity index (χ1n) is 6.83. The monoisotopic (exact) mass is 321 g/mol. The summed E-state index contributed by atoms with van der Waals surface area (Å²) in [6.45, 7) is 5.56. The third-order valence-corrected chi connectivity index (χ3v) is 4.27. The molecule has 1 aromatic carbocycles. The second-order valence-corrected chi connectivity index (χ2v) is 6.11. The molecule has 0 spiro atoms. The number of carbonyl (C=O) groups is 1. The van der Waals surface area contributed by atoms with Gasteiger partial charge in [0.25, 0.3) is 5.22 Å². The molecule has 5 nitrogen and oxygen atoms in total. The number of methoxy groups -OCH3 is 2. The number of hydrogen-bond donors (Lipinski definition) is 0. The number of benzene rings is 1. The highest BCUT2D eigenvalue weighted by Gasteiger charge is 2.21. The van der Waals surface area contributed by atoms with E-state index in [-0.39, 0.29) is 11.0 Å². The molecule has 1 heterocycles. The molecule has 0 saturated heterocycles. The summed E-state index contributed by atoms with van der Waals surface area (Å²) in [7, 11) is 3.10. The quantitative estimate of drug-likeness (QED) is 0.597. The molecule has 2 rings (SSSR count). The molecule has 6 heteroatoms. The number of ketones is 1. The summed E-state index contributed by atoms with van der Waals surface area (Å²) in [5, 5.41) is 0.201. The van der Waals surface area contributed by atoms with Gasteiger partial charge in [-0.3, -0.25) is 4.79 Å². The van der Waals surface area contributed by atoms with Crippen LogP contribution in [0.4, 0.5) is 0 Å². The molecular weight excluding hydrogens is 302 g/mol. The minimum Gasteiger partial charge on any atom is -0.493 e. The van der Waals surface area contributed by atoms with Crippen LogP contribution in [-0.2, 0) is 0 Å². The molecule has 0 aliphatic rings. The van der Waals surface area contributed by atoms with Gasteiger partial charge < -0.3 is 13.9 Å². The van der Waals surface area contributed by atoms with Crippen LogP contribution < -0.4 is 9.47 Å². The van der Waals surface area contributed by atoms with Crippen LogP contribution in [0.5, 0.6) is 11.5 Å². The number of oxazole rings is 1. The lowest BCUT2D eigenvalue weighted by atomic mass is 10.1. The number of ether oxygens (including phenoxy) is 2. The minimum atomic E-state index is -0.310. The Labute approximate surface area is 134 Å². The van der Waals surface area contributed by atoms with Gasteiger partial charge in [0.15, 0.2) is 17.3 Å².